The molecule has 0 spiro atoms. The van der Waals surface area contributed by atoms with E-state index in [9.17, 15) is 0 Å². The van der Waals surface area contributed by atoms with E-state index in [1.165, 1.54) is 0 Å². The lowest BCUT2D eigenvalue weighted by Crippen LogP contribution is -2.08. The second-order valence-corrected chi connectivity index (χ2v) is 4.58. The molecular weight excluding hydrogens is 291 g/mol. The zero-order chi connectivity index (χ0) is 11.8. The van der Waals surface area contributed by atoms with E-state index in [0.717, 1.165) is 35.6 Å². The van der Waals surface area contributed by atoms with Crippen LogP contribution >= 0.6 is 27.5 Å². The predicted octanol–water partition coefficient (Wildman–Crippen LogP) is 3.21. The van der Waals surface area contributed by atoms with Crippen molar-refractivity contribution >= 4 is 33.3 Å². The van der Waals surface area contributed by atoms with E-state index in [0.29, 0.717) is 12.5 Å². The zero-order valence-corrected chi connectivity index (χ0v) is 11.6. The first-order valence-corrected chi connectivity index (χ1v) is 6.57. The summed E-state index contributed by atoms with van der Waals surface area (Å²) in [5.41, 5.74) is 0.989. The van der Waals surface area contributed by atoms with Crippen LogP contribution < -0.4 is 5.32 Å². The second-order valence-electron chi connectivity index (χ2n) is 3.35. The van der Waals surface area contributed by atoms with Gasteiger partial charge in [-0.05, 0) is 41.4 Å². The molecule has 3 nitrogen and oxygen atoms in total. The number of aryl methyl sites for hydroxylation is 1. The van der Waals surface area contributed by atoms with Gasteiger partial charge in [0.05, 0.1) is 12.3 Å². The molecule has 16 heavy (non-hydrogen) atoms. The highest BCUT2D eigenvalue weighted by molar-refractivity contribution is 9.10. The third kappa shape index (κ3) is 5.14. The van der Waals surface area contributed by atoms with Gasteiger partial charge in [-0.15, -0.1) is 11.6 Å². The fourth-order valence-corrected chi connectivity index (χ4v) is 1.52. The largest absolute Gasteiger partial charge is 0.380 e. The first-order chi connectivity index (χ1) is 7.74. The number of ether oxygens (including phenoxy) is 1. The molecule has 1 aromatic rings. The van der Waals surface area contributed by atoms with Crippen molar-refractivity contribution in [2.45, 2.75) is 13.3 Å². The standard InChI is InChI=1S/C11H16BrClN2O/c1-9-10(12)3-4-11(15-9)14-6-2-7-16-8-5-13/h3-4H,2,5-8H2,1H3,(H,14,15). The Morgan fingerprint density at radius 1 is 1.44 bits per heavy atom. The van der Waals surface area contributed by atoms with Gasteiger partial charge in [-0.3, -0.25) is 0 Å². The Bertz CT molecular complexity index is 323. The number of halogens is 2. The summed E-state index contributed by atoms with van der Waals surface area (Å²) < 4.78 is 6.29. The minimum atomic E-state index is 0.556. The fraction of sp³-hybridized carbons (Fsp3) is 0.545. The molecule has 1 aromatic heterocycles. The first kappa shape index (κ1) is 13.7. The maximum atomic E-state index is 5.49. The van der Waals surface area contributed by atoms with Crippen molar-refractivity contribution in [1.29, 1.82) is 0 Å². The van der Waals surface area contributed by atoms with Gasteiger partial charge in [-0.25, -0.2) is 4.98 Å². The zero-order valence-electron chi connectivity index (χ0n) is 9.30. The van der Waals surface area contributed by atoms with Crippen molar-refractivity contribution in [3.8, 4) is 0 Å². The summed E-state index contributed by atoms with van der Waals surface area (Å²) in [4.78, 5) is 4.39. The number of hydrogen-bond donors (Lipinski definition) is 1. The van der Waals surface area contributed by atoms with Crippen molar-refractivity contribution in [2.75, 3.05) is 31.0 Å². The summed E-state index contributed by atoms with van der Waals surface area (Å²) in [6.45, 7) is 4.18. The minimum Gasteiger partial charge on any atom is -0.380 e. The Kier molecular flexibility index (Phi) is 6.76. The topological polar surface area (TPSA) is 34.2 Å². The SMILES string of the molecule is Cc1nc(NCCCOCCCl)ccc1Br. The highest BCUT2D eigenvalue weighted by Gasteiger charge is 1.98. The Morgan fingerprint density at radius 2 is 2.25 bits per heavy atom. The molecule has 0 atom stereocenters. The molecule has 0 amide bonds. The van der Waals surface area contributed by atoms with Crippen LogP contribution in [0.3, 0.4) is 0 Å². The normalized spacial score (nSPS) is 10.4. The summed E-state index contributed by atoms with van der Waals surface area (Å²) in [5.74, 6) is 1.46. The molecule has 5 heteroatoms. The second kappa shape index (κ2) is 7.87. The van der Waals surface area contributed by atoms with Crippen molar-refractivity contribution in [1.82, 2.24) is 4.98 Å². The first-order valence-electron chi connectivity index (χ1n) is 5.25. The molecule has 0 fully saturated rings. The van der Waals surface area contributed by atoms with Crippen molar-refractivity contribution in [3.63, 3.8) is 0 Å². The van der Waals surface area contributed by atoms with E-state index in [4.69, 9.17) is 16.3 Å². The van der Waals surface area contributed by atoms with E-state index in [1.54, 1.807) is 0 Å². The fourth-order valence-electron chi connectivity index (χ4n) is 1.19. The molecule has 90 valence electrons. The average molecular weight is 308 g/mol. The molecule has 1 rings (SSSR count). The summed E-state index contributed by atoms with van der Waals surface area (Å²) in [7, 11) is 0. The number of hydrogen-bond acceptors (Lipinski definition) is 3. The Morgan fingerprint density at radius 3 is 2.94 bits per heavy atom. The quantitative estimate of drug-likeness (QED) is 0.620. The molecule has 0 aliphatic rings. The number of nitrogens with zero attached hydrogens (tertiary/aromatic N) is 1. The number of anilines is 1. The Hall–Kier alpha value is -0.320. The molecule has 1 N–H and O–H groups in total. The molecule has 0 aliphatic heterocycles. The molecule has 0 unspecified atom stereocenters. The summed E-state index contributed by atoms with van der Waals surface area (Å²) in [6.07, 6.45) is 0.952. The van der Waals surface area contributed by atoms with Crippen LogP contribution in [-0.4, -0.2) is 30.6 Å². The molecular formula is C11H16BrClN2O. The maximum Gasteiger partial charge on any atom is 0.126 e. The van der Waals surface area contributed by atoms with Gasteiger partial charge in [0.15, 0.2) is 0 Å². The van der Waals surface area contributed by atoms with Crippen LogP contribution in [0.1, 0.15) is 12.1 Å². The van der Waals surface area contributed by atoms with Gasteiger partial charge in [0.25, 0.3) is 0 Å². The molecule has 0 aliphatic carbocycles. The predicted molar refractivity (Wildman–Crippen MR) is 71.3 cm³/mol. The lowest BCUT2D eigenvalue weighted by molar-refractivity contribution is 0.149. The molecule has 0 aromatic carbocycles. The lowest BCUT2D eigenvalue weighted by Gasteiger charge is -2.07. The van der Waals surface area contributed by atoms with Crippen LogP contribution in [0.15, 0.2) is 16.6 Å². The van der Waals surface area contributed by atoms with E-state index in [2.05, 4.69) is 26.2 Å². The number of aromatic nitrogens is 1. The molecule has 1 heterocycles. The van der Waals surface area contributed by atoms with Crippen LogP contribution in [0, 0.1) is 6.92 Å². The van der Waals surface area contributed by atoms with Crippen molar-refractivity contribution in [3.05, 3.63) is 22.3 Å². The minimum absolute atomic E-state index is 0.556. The highest BCUT2D eigenvalue weighted by Crippen LogP contribution is 2.15. The van der Waals surface area contributed by atoms with Crippen LogP contribution in [0.2, 0.25) is 0 Å². The van der Waals surface area contributed by atoms with E-state index >= 15 is 0 Å². The Balaban J connectivity index is 2.19. The Labute approximate surface area is 110 Å². The molecule has 0 radical (unpaired) electrons. The van der Waals surface area contributed by atoms with Gasteiger partial charge >= 0.3 is 0 Å². The number of alkyl halides is 1. The number of rotatable bonds is 7. The van der Waals surface area contributed by atoms with Gasteiger partial charge in [-0.2, -0.15) is 0 Å². The van der Waals surface area contributed by atoms with Crippen molar-refractivity contribution in [2.24, 2.45) is 0 Å². The third-order valence-corrected chi connectivity index (χ3v) is 3.01. The van der Waals surface area contributed by atoms with E-state index in [1.807, 2.05) is 19.1 Å². The summed E-state index contributed by atoms with van der Waals surface area (Å²) in [6, 6.07) is 3.95. The lowest BCUT2D eigenvalue weighted by atomic mass is 10.3. The number of pyridine rings is 1. The van der Waals surface area contributed by atoms with Crippen LogP contribution in [-0.2, 0) is 4.74 Å². The molecule has 0 saturated heterocycles. The van der Waals surface area contributed by atoms with Gasteiger partial charge < -0.3 is 10.1 Å². The monoisotopic (exact) mass is 306 g/mol. The summed E-state index contributed by atoms with van der Waals surface area (Å²) in [5, 5.41) is 3.24. The third-order valence-electron chi connectivity index (χ3n) is 2.01. The van der Waals surface area contributed by atoms with Crippen LogP contribution in [0.4, 0.5) is 5.82 Å². The van der Waals surface area contributed by atoms with Gasteiger partial charge in [0, 0.05) is 23.5 Å². The van der Waals surface area contributed by atoms with Gasteiger partial charge in [0.1, 0.15) is 5.82 Å². The van der Waals surface area contributed by atoms with E-state index in [-0.39, 0.29) is 0 Å². The van der Waals surface area contributed by atoms with Crippen molar-refractivity contribution < 1.29 is 4.74 Å². The van der Waals surface area contributed by atoms with Crippen LogP contribution in [0.25, 0.3) is 0 Å². The maximum absolute atomic E-state index is 5.49. The van der Waals surface area contributed by atoms with Crippen LogP contribution in [0.5, 0.6) is 0 Å². The highest BCUT2D eigenvalue weighted by atomic mass is 79.9. The van der Waals surface area contributed by atoms with Gasteiger partial charge in [0.2, 0.25) is 0 Å². The molecule has 0 saturated carbocycles. The molecule has 0 bridgehead atoms. The van der Waals surface area contributed by atoms with E-state index < -0.39 is 0 Å². The average Bonchev–Trinajstić information content (AvgIpc) is 2.28. The smallest absolute Gasteiger partial charge is 0.126 e. The number of nitrogens with one attached hydrogen (secondary N) is 1. The van der Waals surface area contributed by atoms with Gasteiger partial charge in [-0.1, -0.05) is 0 Å². The summed E-state index contributed by atoms with van der Waals surface area (Å²) >= 11 is 8.90.